The van der Waals surface area contributed by atoms with Crippen LogP contribution in [0, 0.1) is 6.92 Å². The molecule has 4 rings (SSSR count). The van der Waals surface area contributed by atoms with Gasteiger partial charge in [0.1, 0.15) is 18.0 Å². The summed E-state index contributed by atoms with van der Waals surface area (Å²) in [6.07, 6.45) is 1.61. The monoisotopic (exact) mass is 441 g/mol. The summed E-state index contributed by atoms with van der Waals surface area (Å²) in [5, 5.41) is 5.22. The van der Waals surface area contributed by atoms with Gasteiger partial charge in [-0.3, -0.25) is 9.59 Å². The predicted molar refractivity (Wildman–Crippen MR) is 126 cm³/mol. The first-order chi connectivity index (χ1) is 15.9. The molecule has 3 aromatic carbocycles. The Morgan fingerprint density at radius 3 is 2.42 bits per heavy atom. The number of carbonyl (C=O) groups excluding carboxylic acids is 3. The molecule has 1 fully saturated rings. The van der Waals surface area contributed by atoms with E-state index in [0.29, 0.717) is 11.4 Å². The fourth-order valence-electron chi connectivity index (χ4n) is 3.45. The molecule has 1 aliphatic rings. The molecule has 0 radical (unpaired) electrons. The highest BCUT2D eigenvalue weighted by Gasteiger charge is 2.34. The molecule has 3 aromatic rings. The van der Waals surface area contributed by atoms with E-state index in [1.165, 1.54) is 5.56 Å². The Morgan fingerprint density at radius 1 is 1.00 bits per heavy atom. The van der Waals surface area contributed by atoms with Crippen molar-refractivity contribution >= 4 is 29.6 Å². The molecule has 0 aromatic heterocycles. The molecule has 1 heterocycles. The van der Waals surface area contributed by atoms with E-state index in [-0.39, 0.29) is 5.70 Å². The Bertz CT molecular complexity index is 1230. The lowest BCUT2D eigenvalue weighted by Crippen LogP contribution is -2.38. The van der Waals surface area contributed by atoms with Gasteiger partial charge in [0, 0.05) is 5.69 Å². The molecule has 0 saturated carbocycles. The van der Waals surface area contributed by atoms with Gasteiger partial charge in [-0.1, -0.05) is 48.0 Å². The van der Waals surface area contributed by atoms with Gasteiger partial charge in [-0.2, -0.15) is 0 Å². The maximum absolute atomic E-state index is 12.8. The van der Waals surface area contributed by atoms with Crippen molar-refractivity contribution in [2.45, 2.75) is 6.92 Å². The largest absolute Gasteiger partial charge is 0.497 e. The number of hydrogen-bond acceptors (Lipinski definition) is 4. The van der Waals surface area contributed by atoms with Gasteiger partial charge in [0.05, 0.1) is 7.11 Å². The van der Waals surface area contributed by atoms with Gasteiger partial charge in [-0.15, -0.1) is 0 Å². The topological polar surface area (TPSA) is 87.7 Å². The Labute approximate surface area is 191 Å². The standard InChI is InChI=1S/C26H23N3O4/c1-17-6-8-19(9-7-17)20-5-3-4-18(14-20)15-23-25(31)29(26(32)28-23)16-24(30)27-21-10-12-22(33-2)13-11-21/h3-15H,16H2,1-2H3,(H,27,30)(H,28,32). The smallest absolute Gasteiger partial charge is 0.329 e. The van der Waals surface area contributed by atoms with Crippen LogP contribution in [0.25, 0.3) is 17.2 Å². The first-order valence-corrected chi connectivity index (χ1v) is 10.4. The molecule has 0 bridgehead atoms. The van der Waals surface area contributed by atoms with E-state index in [1.807, 2.05) is 55.5 Å². The summed E-state index contributed by atoms with van der Waals surface area (Å²) in [6.45, 7) is 1.64. The molecule has 7 nitrogen and oxygen atoms in total. The summed E-state index contributed by atoms with van der Waals surface area (Å²) in [5.41, 5.74) is 4.65. The van der Waals surface area contributed by atoms with E-state index < -0.39 is 24.4 Å². The normalized spacial score (nSPS) is 14.4. The second-order valence-electron chi connectivity index (χ2n) is 7.65. The molecule has 0 unspecified atom stereocenters. The summed E-state index contributed by atoms with van der Waals surface area (Å²) < 4.78 is 5.08. The lowest BCUT2D eigenvalue weighted by atomic mass is 10.0. The number of rotatable bonds is 6. The molecule has 1 aliphatic heterocycles. The lowest BCUT2D eigenvalue weighted by Gasteiger charge is -2.12. The van der Waals surface area contributed by atoms with Crippen molar-refractivity contribution < 1.29 is 19.1 Å². The van der Waals surface area contributed by atoms with Crippen LogP contribution in [0.15, 0.2) is 78.5 Å². The van der Waals surface area contributed by atoms with Crippen LogP contribution in [0.5, 0.6) is 5.75 Å². The number of benzene rings is 3. The van der Waals surface area contributed by atoms with Crippen LogP contribution in [0.3, 0.4) is 0 Å². The van der Waals surface area contributed by atoms with Gasteiger partial charge in [0.15, 0.2) is 0 Å². The molecule has 7 heteroatoms. The number of aryl methyl sites for hydroxylation is 1. The van der Waals surface area contributed by atoms with Crippen LogP contribution in [-0.2, 0) is 9.59 Å². The van der Waals surface area contributed by atoms with Gasteiger partial charge in [-0.25, -0.2) is 9.69 Å². The predicted octanol–water partition coefficient (Wildman–Crippen LogP) is 4.20. The van der Waals surface area contributed by atoms with Crippen molar-refractivity contribution in [3.05, 3.63) is 89.6 Å². The van der Waals surface area contributed by atoms with E-state index in [4.69, 9.17) is 4.74 Å². The van der Waals surface area contributed by atoms with Crippen LogP contribution in [0.4, 0.5) is 10.5 Å². The van der Waals surface area contributed by atoms with Crippen molar-refractivity contribution in [1.29, 1.82) is 0 Å². The maximum Gasteiger partial charge on any atom is 0.329 e. The quantitative estimate of drug-likeness (QED) is 0.443. The number of nitrogens with one attached hydrogen (secondary N) is 2. The highest BCUT2D eigenvalue weighted by molar-refractivity contribution is 6.16. The molecule has 4 amide bonds. The summed E-state index contributed by atoms with van der Waals surface area (Å²) in [7, 11) is 1.55. The molecule has 0 atom stereocenters. The van der Waals surface area contributed by atoms with Crippen molar-refractivity contribution in [2.75, 3.05) is 19.0 Å². The Morgan fingerprint density at radius 2 is 1.73 bits per heavy atom. The summed E-state index contributed by atoms with van der Waals surface area (Å²) in [4.78, 5) is 38.3. The Hall–Kier alpha value is -4.39. The zero-order valence-electron chi connectivity index (χ0n) is 18.3. The van der Waals surface area contributed by atoms with Gasteiger partial charge in [0.25, 0.3) is 5.91 Å². The molecule has 0 spiro atoms. The highest BCUT2D eigenvalue weighted by Crippen LogP contribution is 2.23. The van der Waals surface area contributed by atoms with E-state index in [9.17, 15) is 14.4 Å². The average Bonchev–Trinajstić information content (AvgIpc) is 3.07. The van der Waals surface area contributed by atoms with Crippen LogP contribution in [-0.4, -0.2) is 36.4 Å². The molecule has 0 aliphatic carbocycles. The van der Waals surface area contributed by atoms with Crippen LogP contribution in [0.1, 0.15) is 11.1 Å². The Balaban J connectivity index is 1.45. The van der Waals surface area contributed by atoms with Crippen molar-refractivity contribution in [3.8, 4) is 16.9 Å². The molecule has 2 N–H and O–H groups in total. The second-order valence-corrected chi connectivity index (χ2v) is 7.65. The fourth-order valence-corrected chi connectivity index (χ4v) is 3.45. The van der Waals surface area contributed by atoms with Crippen LogP contribution in [0.2, 0.25) is 0 Å². The molecule has 33 heavy (non-hydrogen) atoms. The third-order valence-corrected chi connectivity index (χ3v) is 5.22. The third-order valence-electron chi connectivity index (χ3n) is 5.22. The molecular formula is C26H23N3O4. The second kappa shape index (κ2) is 9.40. The van der Waals surface area contributed by atoms with Crippen LogP contribution < -0.4 is 15.4 Å². The minimum atomic E-state index is -0.633. The minimum Gasteiger partial charge on any atom is -0.497 e. The van der Waals surface area contributed by atoms with Gasteiger partial charge >= 0.3 is 6.03 Å². The maximum atomic E-state index is 12.8. The van der Waals surface area contributed by atoms with Gasteiger partial charge in [0.2, 0.25) is 5.91 Å². The van der Waals surface area contributed by atoms with Crippen molar-refractivity contribution in [3.63, 3.8) is 0 Å². The van der Waals surface area contributed by atoms with E-state index in [0.717, 1.165) is 21.6 Å². The zero-order valence-corrected chi connectivity index (χ0v) is 18.3. The number of hydrogen-bond donors (Lipinski definition) is 2. The number of nitrogens with zero attached hydrogens (tertiary/aromatic N) is 1. The van der Waals surface area contributed by atoms with Gasteiger partial charge in [-0.05, 0) is 60.0 Å². The Kier molecular flexibility index (Phi) is 6.22. The number of carbonyl (C=O) groups is 3. The fraction of sp³-hybridized carbons (Fsp3) is 0.115. The number of imide groups is 1. The number of ether oxygens (including phenoxy) is 1. The number of urea groups is 1. The summed E-state index contributed by atoms with van der Waals surface area (Å²) >= 11 is 0. The average molecular weight is 441 g/mol. The van der Waals surface area contributed by atoms with E-state index in [2.05, 4.69) is 10.6 Å². The number of anilines is 1. The van der Waals surface area contributed by atoms with Gasteiger partial charge < -0.3 is 15.4 Å². The molecule has 166 valence electrons. The molecular weight excluding hydrogens is 418 g/mol. The van der Waals surface area contributed by atoms with Crippen molar-refractivity contribution in [2.24, 2.45) is 0 Å². The van der Waals surface area contributed by atoms with E-state index in [1.54, 1.807) is 37.5 Å². The molecule has 1 saturated heterocycles. The highest BCUT2D eigenvalue weighted by atomic mass is 16.5. The first-order valence-electron chi connectivity index (χ1n) is 10.4. The van der Waals surface area contributed by atoms with Crippen LogP contribution >= 0.6 is 0 Å². The SMILES string of the molecule is COc1ccc(NC(=O)CN2C(=O)NC(=Cc3cccc(-c4ccc(C)cc4)c3)C2=O)cc1. The number of methoxy groups -OCH3 is 1. The summed E-state index contributed by atoms with van der Waals surface area (Å²) in [5.74, 6) is -0.375. The zero-order chi connectivity index (χ0) is 23.4. The third kappa shape index (κ3) is 5.10. The van der Waals surface area contributed by atoms with E-state index >= 15 is 0 Å². The minimum absolute atomic E-state index is 0.123. The van der Waals surface area contributed by atoms with Crippen molar-refractivity contribution in [1.82, 2.24) is 10.2 Å². The lowest BCUT2D eigenvalue weighted by molar-refractivity contribution is -0.127. The first kappa shape index (κ1) is 21.8. The number of amides is 4. The summed E-state index contributed by atoms with van der Waals surface area (Å²) in [6, 6.07) is 21.9.